The summed E-state index contributed by atoms with van der Waals surface area (Å²) in [7, 11) is 0. The zero-order valence-electron chi connectivity index (χ0n) is 7.07. The van der Waals surface area contributed by atoms with Crippen LogP contribution in [0.15, 0.2) is 12.2 Å². The topological polar surface area (TPSA) is 63.3 Å². The third-order valence-electron chi connectivity index (χ3n) is 2.31. The lowest BCUT2D eigenvalue weighted by Gasteiger charge is -2.20. The molecule has 0 aromatic heterocycles. The van der Waals surface area contributed by atoms with Crippen molar-refractivity contribution in [1.29, 1.82) is 0 Å². The average Bonchev–Trinajstić information content (AvgIpc) is 1.96. The molecule has 0 bridgehead atoms. The Morgan fingerprint density at radius 3 is 2.50 bits per heavy atom. The fourth-order valence-corrected chi connectivity index (χ4v) is 1.52. The van der Waals surface area contributed by atoms with Crippen LogP contribution in [0.5, 0.6) is 0 Å². The number of carbonyl (C=O) groups is 1. The molecule has 2 atom stereocenters. The van der Waals surface area contributed by atoms with E-state index in [9.17, 15) is 4.79 Å². The molecule has 0 amide bonds. The predicted molar refractivity (Wildman–Crippen MR) is 46.7 cm³/mol. The van der Waals surface area contributed by atoms with Gasteiger partial charge in [0.2, 0.25) is 0 Å². The molecule has 0 saturated heterocycles. The number of allylic oxidation sites excluding steroid dienone is 2. The first-order chi connectivity index (χ1) is 5.72. The van der Waals surface area contributed by atoms with Crippen molar-refractivity contribution >= 4 is 5.97 Å². The van der Waals surface area contributed by atoms with Crippen molar-refractivity contribution in [1.82, 2.24) is 0 Å². The summed E-state index contributed by atoms with van der Waals surface area (Å²) in [5.74, 6) is -1.10. The fourth-order valence-electron chi connectivity index (χ4n) is 1.52. The first kappa shape index (κ1) is 9.26. The van der Waals surface area contributed by atoms with E-state index >= 15 is 0 Å². The Morgan fingerprint density at radius 1 is 1.33 bits per heavy atom. The zero-order chi connectivity index (χ0) is 8.97. The van der Waals surface area contributed by atoms with Crippen LogP contribution in [0.1, 0.15) is 25.7 Å². The van der Waals surface area contributed by atoms with Crippen LogP contribution in [0.3, 0.4) is 0 Å². The number of aliphatic carboxylic acids is 1. The van der Waals surface area contributed by atoms with Crippen molar-refractivity contribution in [3.8, 4) is 0 Å². The molecular weight excluding hydrogens is 154 g/mol. The zero-order valence-corrected chi connectivity index (χ0v) is 7.07. The smallest absolute Gasteiger partial charge is 0.308 e. The van der Waals surface area contributed by atoms with Gasteiger partial charge in [-0.1, -0.05) is 12.2 Å². The molecule has 3 heteroatoms. The van der Waals surface area contributed by atoms with E-state index in [4.69, 9.17) is 10.8 Å². The standard InChI is InChI=1S/C9H15NO2/c10-8-6-4-2-1-3-5-7(8)9(11)12/h1-2,7-8H,3-6,10H2,(H,11,12). The van der Waals surface area contributed by atoms with Crippen molar-refractivity contribution in [2.24, 2.45) is 11.7 Å². The van der Waals surface area contributed by atoms with Gasteiger partial charge in [0.05, 0.1) is 5.92 Å². The molecule has 12 heavy (non-hydrogen) atoms. The quantitative estimate of drug-likeness (QED) is 0.579. The Bertz CT molecular complexity index is 189. The highest BCUT2D eigenvalue weighted by atomic mass is 16.4. The van der Waals surface area contributed by atoms with E-state index in [1.165, 1.54) is 0 Å². The normalized spacial score (nSPS) is 30.8. The van der Waals surface area contributed by atoms with Gasteiger partial charge in [-0.25, -0.2) is 0 Å². The number of carboxylic acids is 1. The monoisotopic (exact) mass is 169 g/mol. The van der Waals surface area contributed by atoms with E-state index in [-0.39, 0.29) is 12.0 Å². The minimum absolute atomic E-state index is 0.174. The van der Waals surface area contributed by atoms with E-state index < -0.39 is 5.97 Å². The summed E-state index contributed by atoms with van der Waals surface area (Å²) < 4.78 is 0. The maximum Gasteiger partial charge on any atom is 0.308 e. The maximum atomic E-state index is 10.7. The molecule has 1 aliphatic carbocycles. The molecule has 3 nitrogen and oxygen atoms in total. The van der Waals surface area contributed by atoms with Gasteiger partial charge in [-0.15, -0.1) is 0 Å². The fraction of sp³-hybridized carbons (Fsp3) is 0.667. The second kappa shape index (κ2) is 4.26. The van der Waals surface area contributed by atoms with E-state index in [0.29, 0.717) is 6.42 Å². The molecule has 0 heterocycles. The van der Waals surface area contributed by atoms with Crippen LogP contribution in [0.4, 0.5) is 0 Å². The number of rotatable bonds is 1. The van der Waals surface area contributed by atoms with Crippen molar-refractivity contribution in [3.05, 3.63) is 12.2 Å². The molecule has 1 aliphatic rings. The van der Waals surface area contributed by atoms with Gasteiger partial charge >= 0.3 is 5.97 Å². The van der Waals surface area contributed by atoms with Gasteiger partial charge in [0.15, 0.2) is 0 Å². The van der Waals surface area contributed by atoms with Gasteiger partial charge in [-0.3, -0.25) is 4.79 Å². The molecule has 0 aliphatic heterocycles. The minimum Gasteiger partial charge on any atom is -0.481 e. The van der Waals surface area contributed by atoms with Crippen molar-refractivity contribution in [3.63, 3.8) is 0 Å². The first-order valence-corrected chi connectivity index (χ1v) is 4.35. The Morgan fingerprint density at radius 2 is 1.92 bits per heavy atom. The highest BCUT2D eigenvalue weighted by Crippen LogP contribution is 2.17. The summed E-state index contributed by atoms with van der Waals surface area (Å²) in [5.41, 5.74) is 5.73. The molecular formula is C9H15NO2. The van der Waals surface area contributed by atoms with Crippen LogP contribution >= 0.6 is 0 Å². The summed E-state index contributed by atoms with van der Waals surface area (Å²) in [6.45, 7) is 0. The van der Waals surface area contributed by atoms with Gasteiger partial charge < -0.3 is 10.8 Å². The van der Waals surface area contributed by atoms with Crippen LogP contribution in [0.2, 0.25) is 0 Å². The van der Waals surface area contributed by atoms with Gasteiger partial charge in [0.25, 0.3) is 0 Å². The molecule has 0 aromatic carbocycles. The van der Waals surface area contributed by atoms with Gasteiger partial charge in [-0.05, 0) is 25.7 Å². The Kier molecular flexibility index (Phi) is 3.29. The highest BCUT2D eigenvalue weighted by molar-refractivity contribution is 5.70. The highest BCUT2D eigenvalue weighted by Gasteiger charge is 2.24. The number of hydrogen-bond acceptors (Lipinski definition) is 2. The van der Waals surface area contributed by atoms with Crippen LogP contribution in [0.25, 0.3) is 0 Å². The summed E-state index contributed by atoms with van der Waals surface area (Å²) in [5, 5.41) is 8.82. The molecule has 0 radical (unpaired) electrons. The average molecular weight is 169 g/mol. The molecule has 0 spiro atoms. The van der Waals surface area contributed by atoms with Gasteiger partial charge in [-0.2, -0.15) is 0 Å². The van der Waals surface area contributed by atoms with Crippen molar-refractivity contribution < 1.29 is 9.90 Å². The molecule has 3 N–H and O–H groups in total. The maximum absolute atomic E-state index is 10.7. The Labute approximate surface area is 72.3 Å². The SMILES string of the molecule is NC1CCC=CCCC1C(=O)O. The van der Waals surface area contributed by atoms with Crippen molar-refractivity contribution in [2.75, 3.05) is 0 Å². The summed E-state index contributed by atoms with van der Waals surface area (Å²) >= 11 is 0. The predicted octanol–water partition coefficient (Wildman–Crippen LogP) is 1.14. The second-order valence-electron chi connectivity index (χ2n) is 3.23. The third-order valence-corrected chi connectivity index (χ3v) is 2.31. The van der Waals surface area contributed by atoms with Crippen molar-refractivity contribution in [2.45, 2.75) is 31.7 Å². The number of nitrogens with two attached hydrogens (primary N) is 1. The van der Waals surface area contributed by atoms with E-state index in [1.807, 2.05) is 6.08 Å². The Hall–Kier alpha value is -0.830. The summed E-state index contributed by atoms with van der Waals surface area (Å²) in [4.78, 5) is 10.7. The van der Waals surface area contributed by atoms with Gasteiger partial charge in [0, 0.05) is 6.04 Å². The molecule has 2 unspecified atom stereocenters. The lowest BCUT2D eigenvalue weighted by molar-refractivity contribution is -0.142. The van der Waals surface area contributed by atoms with Crippen LogP contribution in [-0.2, 0) is 4.79 Å². The van der Waals surface area contributed by atoms with Crippen LogP contribution in [0, 0.1) is 5.92 Å². The van der Waals surface area contributed by atoms with Crippen LogP contribution < -0.4 is 5.73 Å². The molecule has 0 aromatic rings. The summed E-state index contributed by atoms with van der Waals surface area (Å²) in [6, 6.07) is -0.174. The minimum atomic E-state index is -0.752. The lowest BCUT2D eigenvalue weighted by Crippen LogP contribution is -2.35. The summed E-state index contributed by atoms with van der Waals surface area (Å²) in [6.07, 6.45) is 7.33. The first-order valence-electron chi connectivity index (χ1n) is 4.35. The third kappa shape index (κ3) is 2.34. The second-order valence-corrected chi connectivity index (χ2v) is 3.23. The molecule has 0 fully saturated rings. The van der Waals surface area contributed by atoms with E-state index in [2.05, 4.69) is 6.08 Å². The van der Waals surface area contributed by atoms with Gasteiger partial charge in [0.1, 0.15) is 0 Å². The van der Waals surface area contributed by atoms with E-state index in [1.54, 1.807) is 0 Å². The van der Waals surface area contributed by atoms with E-state index in [0.717, 1.165) is 19.3 Å². The number of hydrogen-bond donors (Lipinski definition) is 2. The number of carboxylic acid groups (broad SMARTS) is 1. The molecule has 68 valence electrons. The molecule has 1 rings (SSSR count). The largest absolute Gasteiger partial charge is 0.481 e. The van der Waals surface area contributed by atoms with Crippen LogP contribution in [-0.4, -0.2) is 17.1 Å². The molecule has 0 saturated carbocycles. The Balaban J connectivity index is 2.58. The lowest BCUT2D eigenvalue weighted by atomic mass is 9.90.